The molecule has 2 saturated heterocycles. The van der Waals surface area contributed by atoms with Crippen molar-refractivity contribution in [3.63, 3.8) is 0 Å². The molecular formula is C21H32IN5O4. The van der Waals surface area contributed by atoms with Crippen LogP contribution in [0, 0.1) is 5.92 Å². The third-order valence-electron chi connectivity index (χ3n) is 5.41. The van der Waals surface area contributed by atoms with Gasteiger partial charge in [-0.25, -0.2) is 0 Å². The molecule has 0 bridgehead atoms. The van der Waals surface area contributed by atoms with Crippen LogP contribution >= 0.6 is 24.0 Å². The molecule has 0 saturated carbocycles. The number of morpholine rings is 1. The predicted octanol–water partition coefficient (Wildman–Crippen LogP) is 0.815. The van der Waals surface area contributed by atoms with Crippen LogP contribution in [0.25, 0.3) is 0 Å². The molecule has 10 heteroatoms. The minimum atomic E-state index is -0.505. The number of aliphatic imine (C=N–C) groups is 1. The lowest BCUT2D eigenvalue weighted by Gasteiger charge is -2.36. The number of piperidine rings is 1. The van der Waals surface area contributed by atoms with E-state index >= 15 is 0 Å². The van der Waals surface area contributed by atoms with E-state index in [0.29, 0.717) is 38.6 Å². The van der Waals surface area contributed by atoms with Gasteiger partial charge in [0.15, 0.2) is 12.6 Å². The molecule has 3 rings (SSSR count). The summed E-state index contributed by atoms with van der Waals surface area (Å²) in [6.07, 6.45) is 1.65. The van der Waals surface area contributed by atoms with Crippen molar-refractivity contribution < 1.29 is 19.1 Å². The summed E-state index contributed by atoms with van der Waals surface area (Å²) in [5, 5.41) is 3.37. The fourth-order valence-electron chi connectivity index (χ4n) is 3.79. The Hall–Kier alpha value is -2.08. The van der Waals surface area contributed by atoms with E-state index in [1.165, 1.54) is 0 Å². The van der Waals surface area contributed by atoms with Crippen molar-refractivity contribution >= 4 is 41.8 Å². The first-order valence-corrected chi connectivity index (χ1v) is 10.4. The number of carbonyl (C=O) groups is 2. The molecule has 2 fully saturated rings. The van der Waals surface area contributed by atoms with Crippen LogP contribution in [-0.2, 0) is 20.9 Å². The average molecular weight is 545 g/mol. The van der Waals surface area contributed by atoms with E-state index in [-0.39, 0.29) is 42.4 Å². The number of guanidine groups is 1. The molecule has 2 heterocycles. The zero-order chi connectivity index (χ0) is 21.3. The van der Waals surface area contributed by atoms with Crippen LogP contribution in [0.4, 0.5) is 0 Å². The number of hydrogen-bond acceptors (Lipinski definition) is 5. The Bertz CT molecular complexity index is 762. The zero-order valence-electron chi connectivity index (χ0n) is 17.9. The van der Waals surface area contributed by atoms with Gasteiger partial charge in [0, 0.05) is 45.7 Å². The SMILES string of the molecule is CN=C(NCc1cccc(OCC(N)=O)c1)N1CCC(C(=O)N2CCOCC2)CC1.I. The maximum Gasteiger partial charge on any atom is 0.255 e. The highest BCUT2D eigenvalue weighted by Crippen LogP contribution is 2.21. The minimum absolute atomic E-state index is 0. The quantitative estimate of drug-likeness (QED) is 0.311. The molecule has 3 N–H and O–H groups in total. The summed E-state index contributed by atoms with van der Waals surface area (Å²) in [6, 6.07) is 7.51. The van der Waals surface area contributed by atoms with Crippen molar-refractivity contribution in [2.24, 2.45) is 16.6 Å². The van der Waals surface area contributed by atoms with Gasteiger partial charge in [0.25, 0.3) is 5.91 Å². The second-order valence-corrected chi connectivity index (χ2v) is 7.50. The molecule has 0 atom stereocenters. The predicted molar refractivity (Wildman–Crippen MR) is 128 cm³/mol. The van der Waals surface area contributed by atoms with Gasteiger partial charge >= 0.3 is 0 Å². The Kier molecular flexibility index (Phi) is 10.3. The zero-order valence-corrected chi connectivity index (χ0v) is 20.2. The molecule has 9 nitrogen and oxygen atoms in total. The van der Waals surface area contributed by atoms with Gasteiger partial charge in [-0.05, 0) is 30.5 Å². The smallest absolute Gasteiger partial charge is 0.255 e. The van der Waals surface area contributed by atoms with Gasteiger partial charge < -0.3 is 30.3 Å². The Morgan fingerprint density at radius 1 is 1.19 bits per heavy atom. The summed E-state index contributed by atoms with van der Waals surface area (Å²) in [7, 11) is 1.76. The first kappa shape index (κ1) is 25.2. The molecule has 31 heavy (non-hydrogen) atoms. The number of halogens is 1. The third kappa shape index (κ3) is 7.53. The lowest BCUT2D eigenvalue weighted by molar-refractivity contribution is -0.140. The largest absolute Gasteiger partial charge is 0.484 e. The fourth-order valence-corrected chi connectivity index (χ4v) is 3.79. The number of benzene rings is 1. The molecule has 2 aliphatic heterocycles. The second kappa shape index (κ2) is 12.7. The Labute approximate surface area is 200 Å². The molecule has 2 aliphatic rings. The number of carbonyl (C=O) groups excluding carboxylic acids is 2. The van der Waals surface area contributed by atoms with Crippen LogP contribution in [0.2, 0.25) is 0 Å². The first-order chi connectivity index (χ1) is 14.6. The van der Waals surface area contributed by atoms with Gasteiger partial charge in [-0.2, -0.15) is 0 Å². The Balaban J connectivity index is 0.00000341. The van der Waals surface area contributed by atoms with Crippen LogP contribution in [-0.4, -0.2) is 80.6 Å². The summed E-state index contributed by atoms with van der Waals surface area (Å²) >= 11 is 0. The molecule has 1 aromatic carbocycles. The molecule has 0 spiro atoms. The molecular weight excluding hydrogens is 513 g/mol. The number of nitrogens with zero attached hydrogens (tertiary/aromatic N) is 3. The van der Waals surface area contributed by atoms with E-state index in [4.69, 9.17) is 15.2 Å². The highest BCUT2D eigenvalue weighted by molar-refractivity contribution is 14.0. The van der Waals surface area contributed by atoms with E-state index in [9.17, 15) is 9.59 Å². The van der Waals surface area contributed by atoms with Gasteiger partial charge in [-0.1, -0.05) is 12.1 Å². The average Bonchev–Trinajstić information content (AvgIpc) is 2.79. The summed E-state index contributed by atoms with van der Waals surface area (Å²) in [5.41, 5.74) is 6.13. The van der Waals surface area contributed by atoms with Gasteiger partial charge in [-0.15, -0.1) is 24.0 Å². The Morgan fingerprint density at radius 3 is 2.55 bits per heavy atom. The van der Waals surface area contributed by atoms with Crippen LogP contribution in [0.3, 0.4) is 0 Å². The van der Waals surface area contributed by atoms with Gasteiger partial charge in [0.2, 0.25) is 5.91 Å². The van der Waals surface area contributed by atoms with Crippen molar-refractivity contribution in [3.05, 3.63) is 29.8 Å². The van der Waals surface area contributed by atoms with E-state index < -0.39 is 5.91 Å². The van der Waals surface area contributed by atoms with Crippen molar-refractivity contribution in [2.75, 3.05) is 53.0 Å². The van der Waals surface area contributed by atoms with Crippen LogP contribution in [0.5, 0.6) is 5.75 Å². The number of likely N-dealkylation sites (tertiary alicyclic amines) is 1. The second-order valence-electron chi connectivity index (χ2n) is 7.50. The standard InChI is InChI=1S/C21H31N5O4.HI/c1-23-21(24-14-16-3-2-4-18(13-16)30-15-19(22)27)26-7-5-17(6-8-26)20(28)25-9-11-29-12-10-25;/h2-4,13,17H,5-12,14-15H2,1H3,(H2,22,27)(H,23,24);1H. The van der Waals surface area contributed by atoms with Gasteiger partial charge in [0.05, 0.1) is 13.2 Å². The van der Waals surface area contributed by atoms with E-state index in [1.54, 1.807) is 13.1 Å². The summed E-state index contributed by atoms with van der Waals surface area (Å²) in [4.78, 5) is 32.1. The maximum atomic E-state index is 12.7. The highest BCUT2D eigenvalue weighted by atomic mass is 127. The number of primary amides is 1. The number of amides is 2. The first-order valence-electron chi connectivity index (χ1n) is 10.4. The van der Waals surface area contributed by atoms with E-state index in [1.807, 2.05) is 23.1 Å². The molecule has 0 radical (unpaired) electrons. The van der Waals surface area contributed by atoms with Crippen molar-refractivity contribution in [1.82, 2.24) is 15.1 Å². The van der Waals surface area contributed by atoms with Crippen molar-refractivity contribution in [3.8, 4) is 5.75 Å². The number of nitrogens with two attached hydrogens (primary N) is 1. The lowest BCUT2D eigenvalue weighted by Crippen LogP contribution is -2.49. The maximum absolute atomic E-state index is 12.7. The molecule has 2 amide bonds. The highest BCUT2D eigenvalue weighted by Gasteiger charge is 2.30. The van der Waals surface area contributed by atoms with Gasteiger partial charge in [-0.3, -0.25) is 14.6 Å². The van der Waals surface area contributed by atoms with Crippen molar-refractivity contribution in [2.45, 2.75) is 19.4 Å². The topological polar surface area (TPSA) is 109 Å². The van der Waals surface area contributed by atoms with Crippen LogP contribution in [0.15, 0.2) is 29.3 Å². The minimum Gasteiger partial charge on any atom is -0.484 e. The summed E-state index contributed by atoms with van der Waals surface area (Å²) in [6.45, 7) is 4.69. The number of nitrogens with one attached hydrogen (secondary N) is 1. The van der Waals surface area contributed by atoms with Crippen molar-refractivity contribution in [1.29, 1.82) is 0 Å². The van der Waals surface area contributed by atoms with E-state index in [0.717, 1.165) is 37.5 Å². The molecule has 0 aliphatic carbocycles. The summed E-state index contributed by atoms with van der Waals surface area (Å²) in [5.74, 6) is 1.25. The monoisotopic (exact) mass is 545 g/mol. The molecule has 172 valence electrons. The number of rotatable bonds is 6. The van der Waals surface area contributed by atoms with Crippen LogP contribution < -0.4 is 15.8 Å². The van der Waals surface area contributed by atoms with E-state index in [2.05, 4.69) is 15.2 Å². The van der Waals surface area contributed by atoms with Gasteiger partial charge in [0.1, 0.15) is 5.75 Å². The number of hydrogen-bond donors (Lipinski definition) is 2. The molecule has 0 unspecified atom stereocenters. The number of ether oxygens (including phenoxy) is 2. The fraction of sp³-hybridized carbons (Fsp3) is 0.571. The Morgan fingerprint density at radius 2 is 1.90 bits per heavy atom. The van der Waals surface area contributed by atoms with Crippen LogP contribution in [0.1, 0.15) is 18.4 Å². The summed E-state index contributed by atoms with van der Waals surface area (Å²) < 4.78 is 10.7. The third-order valence-corrected chi connectivity index (χ3v) is 5.41. The molecule has 0 aromatic heterocycles. The molecule has 1 aromatic rings. The lowest BCUT2D eigenvalue weighted by atomic mass is 9.95. The normalized spacial score (nSPS) is 17.6.